The van der Waals surface area contributed by atoms with Crippen molar-refractivity contribution >= 4 is 29.9 Å². The average molecular weight is 402 g/mol. The van der Waals surface area contributed by atoms with E-state index in [1.165, 1.54) is 27.1 Å². The maximum Gasteiger partial charge on any atom is 0.137 e. The van der Waals surface area contributed by atoms with Gasteiger partial charge in [-0.15, -0.1) is 24.2 Å². The summed E-state index contributed by atoms with van der Waals surface area (Å²) < 4.78 is 6.40. The maximum absolute atomic E-state index is 6.40. The monoisotopic (exact) mass is 401 g/mol. The first-order valence-electron chi connectivity index (χ1n) is 9.46. The lowest BCUT2D eigenvalue weighted by Gasteiger charge is -2.31. The molecular formula is C23H28ClNOS. The highest BCUT2D eigenvalue weighted by atomic mass is 35.5. The number of hydrogen-bond donors (Lipinski definition) is 0. The van der Waals surface area contributed by atoms with Crippen molar-refractivity contribution < 1.29 is 4.74 Å². The molecule has 0 unspecified atom stereocenters. The maximum atomic E-state index is 6.40. The van der Waals surface area contributed by atoms with Crippen LogP contribution in [0.25, 0.3) is 0 Å². The number of rotatable bonds is 3. The Labute approximate surface area is 173 Å². The van der Waals surface area contributed by atoms with E-state index >= 15 is 0 Å². The van der Waals surface area contributed by atoms with Crippen molar-refractivity contribution in [2.75, 3.05) is 5.75 Å². The number of benzene rings is 2. The van der Waals surface area contributed by atoms with E-state index in [-0.39, 0.29) is 23.5 Å². The third-order valence-corrected chi connectivity index (χ3v) is 5.93. The number of aliphatic imine (C=N–C) groups is 1. The normalized spacial score (nSPS) is 18.6. The van der Waals surface area contributed by atoms with Crippen LogP contribution in [0.5, 0.6) is 5.75 Å². The highest BCUT2D eigenvalue weighted by Crippen LogP contribution is 2.47. The van der Waals surface area contributed by atoms with Crippen molar-refractivity contribution in [2.45, 2.75) is 63.5 Å². The first-order chi connectivity index (χ1) is 12.3. The van der Waals surface area contributed by atoms with Gasteiger partial charge in [0.25, 0.3) is 0 Å². The van der Waals surface area contributed by atoms with Crippen LogP contribution in [0.4, 0.5) is 0 Å². The van der Waals surface area contributed by atoms with Gasteiger partial charge in [0.1, 0.15) is 11.4 Å². The fraction of sp³-hybridized carbons (Fsp3) is 0.435. The molecule has 2 nitrogen and oxygen atoms in total. The molecule has 0 saturated carbocycles. The molecule has 2 aliphatic rings. The fourth-order valence-electron chi connectivity index (χ4n) is 4.14. The van der Waals surface area contributed by atoms with Gasteiger partial charge in [-0.2, -0.15) is 0 Å². The number of fused-ring (bicyclic) bond motifs is 3. The second-order valence-electron chi connectivity index (χ2n) is 8.50. The molecule has 0 atom stereocenters. The van der Waals surface area contributed by atoms with Crippen LogP contribution in [0.2, 0.25) is 0 Å². The predicted molar refractivity (Wildman–Crippen MR) is 118 cm³/mol. The van der Waals surface area contributed by atoms with Crippen LogP contribution in [-0.2, 0) is 12.8 Å². The number of ether oxygens (including phenoxy) is 1. The van der Waals surface area contributed by atoms with Crippen molar-refractivity contribution in [1.82, 2.24) is 0 Å². The Morgan fingerprint density at radius 3 is 2.44 bits per heavy atom. The first kappa shape index (κ1) is 20.3. The standard InChI is InChI=1S/C23H27NOS.ClH/c1-6-26-18-12-16-13-22(2,3)24-20(15-10-8-7-9-11-15)19(16)17-14-23(4,5)25-21(17)18;/h7-12H,6,13-14H2,1-5H3;1H. The Morgan fingerprint density at radius 1 is 1.07 bits per heavy atom. The summed E-state index contributed by atoms with van der Waals surface area (Å²) in [5.74, 6) is 2.14. The van der Waals surface area contributed by atoms with Gasteiger partial charge in [0.15, 0.2) is 0 Å². The largest absolute Gasteiger partial charge is 0.486 e. The lowest BCUT2D eigenvalue weighted by Crippen LogP contribution is -2.30. The second kappa shape index (κ2) is 7.18. The van der Waals surface area contributed by atoms with E-state index in [4.69, 9.17) is 9.73 Å². The Hall–Kier alpha value is -1.45. The van der Waals surface area contributed by atoms with Crippen molar-refractivity contribution in [1.29, 1.82) is 0 Å². The molecule has 2 aliphatic heterocycles. The Morgan fingerprint density at radius 2 is 1.78 bits per heavy atom. The quantitative estimate of drug-likeness (QED) is 0.579. The highest BCUT2D eigenvalue weighted by Gasteiger charge is 2.39. The summed E-state index contributed by atoms with van der Waals surface area (Å²) in [7, 11) is 0. The zero-order valence-corrected chi connectivity index (χ0v) is 18.4. The third kappa shape index (κ3) is 3.77. The smallest absolute Gasteiger partial charge is 0.137 e. The lowest BCUT2D eigenvalue weighted by molar-refractivity contribution is 0.135. The fourth-order valence-corrected chi connectivity index (χ4v) is 4.97. The summed E-state index contributed by atoms with van der Waals surface area (Å²) in [6, 6.07) is 13.0. The molecule has 4 rings (SSSR count). The zero-order valence-electron chi connectivity index (χ0n) is 16.8. The molecular weight excluding hydrogens is 374 g/mol. The number of thioether (sulfide) groups is 1. The first-order valence-corrected chi connectivity index (χ1v) is 10.4. The van der Waals surface area contributed by atoms with Gasteiger partial charge in [0.05, 0.1) is 11.3 Å². The van der Waals surface area contributed by atoms with Crippen LogP contribution >= 0.6 is 24.2 Å². The predicted octanol–water partition coefficient (Wildman–Crippen LogP) is 6.11. The van der Waals surface area contributed by atoms with Crippen LogP contribution in [-0.4, -0.2) is 22.6 Å². The Kier molecular flexibility index (Phi) is 5.39. The summed E-state index contributed by atoms with van der Waals surface area (Å²) in [6.07, 6.45) is 1.92. The lowest BCUT2D eigenvalue weighted by atomic mass is 9.81. The summed E-state index contributed by atoms with van der Waals surface area (Å²) in [5.41, 5.74) is 6.16. The number of hydrogen-bond acceptors (Lipinski definition) is 3. The Bertz CT molecular complexity index is 887. The van der Waals surface area contributed by atoms with Gasteiger partial charge in [0.2, 0.25) is 0 Å². The minimum Gasteiger partial charge on any atom is -0.486 e. The van der Waals surface area contributed by atoms with Crippen LogP contribution in [0, 0.1) is 0 Å². The van der Waals surface area contributed by atoms with E-state index in [1.807, 2.05) is 11.8 Å². The molecule has 144 valence electrons. The van der Waals surface area contributed by atoms with Gasteiger partial charge in [-0.25, -0.2) is 0 Å². The zero-order chi connectivity index (χ0) is 18.5. The van der Waals surface area contributed by atoms with Crippen molar-refractivity contribution in [3.05, 3.63) is 58.7 Å². The molecule has 0 spiro atoms. The van der Waals surface area contributed by atoms with Gasteiger partial charge in [-0.3, -0.25) is 4.99 Å². The molecule has 2 heterocycles. The van der Waals surface area contributed by atoms with E-state index < -0.39 is 0 Å². The molecule has 0 fully saturated rings. The van der Waals surface area contributed by atoms with Gasteiger partial charge >= 0.3 is 0 Å². The molecule has 0 bridgehead atoms. The molecule has 0 amide bonds. The molecule has 0 saturated heterocycles. The van der Waals surface area contributed by atoms with Crippen LogP contribution in [0.1, 0.15) is 56.9 Å². The molecule has 0 aromatic heterocycles. The summed E-state index contributed by atoms with van der Waals surface area (Å²) in [4.78, 5) is 6.47. The molecule has 2 aromatic rings. The van der Waals surface area contributed by atoms with E-state index in [0.29, 0.717) is 0 Å². The van der Waals surface area contributed by atoms with Crippen LogP contribution in [0.3, 0.4) is 0 Å². The molecule has 2 aromatic carbocycles. The SMILES string of the molecule is CCSc1cc2c(c3c1OC(C)(C)C3)C(c1ccccc1)=NC(C)(C)C2.Cl. The second-order valence-corrected chi connectivity index (χ2v) is 9.81. The van der Waals surface area contributed by atoms with E-state index in [2.05, 4.69) is 71.0 Å². The van der Waals surface area contributed by atoms with E-state index in [0.717, 1.165) is 30.1 Å². The number of halogens is 1. The van der Waals surface area contributed by atoms with Crippen LogP contribution in [0.15, 0.2) is 46.3 Å². The van der Waals surface area contributed by atoms with Crippen molar-refractivity contribution in [2.24, 2.45) is 4.99 Å². The molecule has 27 heavy (non-hydrogen) atoms. The third-order valence-electron chi connectivity index (χ3n) is 5.03. The minimum absolute atomic E-state index is 0. The van der Waals surface area contributed by atoms with E-state index in [9.17, 15) is 0 Å². The summed E-state index contributed by atoms with van der Waals surface area (Å²) >= 11 is 1.89. The molecule has 0 radical (unpaired) electrons. The topological polar surface area (TPSA) is 21.6 Å². The summed E-state index contributed by atoms with van der Waals surface area (Å²) in [6.45, 7) is 11.0. The van der Waals surface area contributed by atoms with Gasteiger partial charge < -0.3 is 4.74 Å². The molecule has 0 N–H and O–H groups in total. The Balaban J connectivity index is 0.00000210. The van der Waals surface area contributed by atoms with Gasteiger partial charge in [-0.05, 0) is 51.5 Å². The average Bonchev–Trinajstić information content (AvgIpc) is 2.89. The van der Waals surface area contributed by atoms with E-state index in [1.54, 1.807) is 0 Å². The number of nitrogens with zero attached hydrogens (tertiary/aromatic N) is 1. The minimum atomic E-state index is -0.157. The van der Waals surface area contributed by atoms with Gasteiger partial charge in [-0.1, -0.05) is 37.3 Å². The van der Waals surface area contributed by atoms with Gasteiger partial charge in [0, 0.05) is 28.0 Å². The van der Waals surface area contributed by atoms with Crippen molar-refractivity contribution in [3.8, 4) is 5.75 Å². The highest BCUT2D eigenvalue weighted by molar-refractivity contribution is 7.99. The van der Waals surface area contributed by atoms with Crippen molar-refractivity contribution in [3.63, 3.8) is 0 Å². The molecule has 0 aliphatic carbocycles. The molecule has 4 heteroatoms. The van der Waals surface area contributed by atoms with Crippen LogP contribution < -0.4 is 4.74 Å². The summed E-state index contributed by atoms with van der Waals surface area (Å²) in [5, 5.41) is 0.